The zero-order chi connectivity index (χ0) is 16.1. The van der Waals surface area contributed by atoms with Gasteiger partial charge in [0.1, 0.15) is 5.75 Å². The minimum Gasteiger partial charge on any atom is -0.495 e. The maximum atomic E-state index is 12.6. The third kappa shape index (κ3) is 3.39. The lowest BCUT2D eigenvalue weighted by Crippen LogP contribution is -2.57. The molecule has 0 N–H and O–H groups in total. The lowest BCUT2D eigenvalue weighted by atomic mass is 10.1. The van der Waals surface area contributed by atoms with E-state index < -0.39 is 0 Å². The van der Waals surface area contributed by atoms with E-state index in [9.17, 15) is 9.59 Å². The summed E-state index contributed by atoms with van der Waals surface area (Å²) in [6.45, 7) is 5.20. The van der Waals surface area contributed by atoms with Crippen LogP contribution in [0, 0.1) is 0 Å². The first kappa shape index (κ1) is 16.3. The van der Waals surface area contributed by atoms with Crippen molar-refractivity contribution in [3.05, 3.63) is 24.3 Å². The molecule has 0 bridgehead atoms. The Morgan fingerprint density at radius 1 is 1.32 bits per heavy atom. The van der Waals surface area contributed by atoms with Crippen molar-refractivity contribution < 1.29 is 19.1 Å². The quantitative estimate of drug-likeness (QED) is 0.767. The predicted molar refractivity (Wildman–Crippen MR) is 83.0 cm³/mol. The molecule has 1 aromatic rings. The molecule has 2 rings (SSSR count). The Bertz CT molecular complexity index is 547. The van der Waals surface area contributed by atoms with Crippen LogP contribution in [0.2, 0.25) is 0 Å². The number of nitrogens with zero attached hydrogens (tertiary/aromatic N) is 2. The van der Waals surface area contributed by atoms with E-state index in [0.717, 1.165) is 5.69 Å². The summed E-state index contributed by atoms with van der Waals surface area (Å²) in [4.78, 5) is 27.8. The number of hydrogen-bond donors (Lipinski definition) is 0. The number of ether oxygens (including phenoxy) is 2. The molecule has 22 heavy (non-hydrogen) atoms. The Hall–Kier alpha value is -2.08. The number of para-hydroxylation sites is 2. The molecule has 1 heterocycles. The highest BCUT2D eigenvalue weighted by Gasteiger charge is 2.34. The number of hydrogen-bond acceptors (Lipinski definition) is 5. The molecule has 1 saturated heterocycles. The van der Waals surface area contributed by atoms with E-state index in [0.29, 0.717) is 25.4 Å². The first-order chi connectivity index (χ1) is 10.6. The van der Waals surface area contributed by atoms with Crippen LogP contribution in [0.3, 0.4) is 0 Å². The molecule has 1 aliphatic heterocycles. The van der Waals surface area contributed by atoms with Gasteiger partial charge in [0.15, 0.2) is 0 Å². The van der Waals surface area contributed by atoms with E-state index in [2.05, 4.69) is 0 Å². The van der Waals surface area contributed by atoms with E-state index in [1.165, 1.54) is 0 Å². The Balaban J connectivity index is 2.11. The summed E-state index contributed by atoms with van der Waals surface area (Å²) in [5.41, 5.74) is 0.762. The Kier molecular flexibility index (Phi) is 5.38. The average molecular weight is 306 g/mol. The fourth-order valence-electron chi connectivity index (χ4n) is 2.59. The Morgan fingerprint density at radius 3 is 2.73 bits per heavy atom. The smallest absolute Gasteiger partial charge is 0.320 e. The first-order valence-electron chi connectivity index (χ1n) is 7.42. The second-order valence-corrected chi connectivity index (χ2v) is 5.11. The molecular formula is C16H22N2O4. The number of carbonyl (C=O) groups excluding carboxylic acids is 2. The molecule has 1 unspecified atom stereocenters. The van der Waals surface area contributed by atoms with Gasteiger partial charge in [-0.3, -0.25) is 14.5 Å². The third-order valence-electron chi connectivity index (χ3n) is 3.80. The minimum absolute atomic E-state index is 0.0416. The number of piperazine rings is 1. The van der Waals surface area contributed by atoms with Gasteiger partial charge >= 0.3 is 5.97 Å². The molecule has 1 amide bonds. The number of anilines is 1. The second-order valence-electron chi connectivity index (χ2n) is 5.11. The highest BCUT2D eigenvalue weighted by atomic mass is 16.5. The van der Waals surface area contributed by atoms with Gasteiger partial charge in [0, 0.05) is 13.1 Å². The molecule has 120 valence electrons. The molecular weight excluding hydrogens is 284 g/mol. The summed E-state index contributed by atoms with van der Waals surface area (Å²) in [5, 5.41) is 0. The summed E-state index contributed by atoms with van der Waals surface area (Å²) >= 11 is 0. The number of benzene rings is 1. The second kappa shape index (κ2) is 7.26. The van der Waals surface area contributed by atoms with Gasteiger partial charge in [0.05, 0.1) is 32.0 Å². The number of methoxy groups -OCH3 is 1. The fraction of sp³-hybridized carbons (Fsp3) is 0.500. The molecule has 1 aliphatic rings. The summed E-state index contributed by atoms with van der Waals surface area (Å²) in [6, 6.07) is 7.07. The largest absolute Gasteiger partial charge is 0.495 e. The van der Waals surface area contributed by atoms with E-state index in [1.807, 2.05) is 36.1 Å². The van der Waals surface area contributed by atoms with Gasteiger partial charge in [-0.15, -0.1) is 0 Å². The van der Waals surface area contributed by atoms with E-state index >= 15 is 0 Å². The number of amides is 1. The van der Waals surface area contributed by atoms with Gasteiger partial charge in [0.2, 0.25) is 5.91 Å². The molecule has 1 aromatic carbocycles. The molecule has 6 nitrogen and oxygen atoms in total. The van der Waals surface area contributed by atoms with Gasteiger partial charge in [0.25, 0.3) is 0 Å². The van der Waals surface area contributed by atoms with Crippen LogP contribution in [0.15, 0.2) is 24.3 Å². The van der Waals surface area contributed by atoms with Crippen molar-refractivity contribution in [3.63, 3.8) is 0 Å². The first-order valence-corrected chi connectivity index (χ1v) is 7.42. The van der Waals surface area contributed by atoms with E-state index in [1.54, 1.807) is 18.9 Å². The van der Waals surface area contributed by atoms with Crippen LogP contribution in [0.5, 0.6) is 5.75 Å². The molecule has 0 saturated carbocycles. The van der Waals surface area contributed by atoms with Gasteiger partial charge in [-0.1, -0.05) is 12.1 Å². The van der Waals surface area contributed by atoms with Crippen molar-refractivity contribution in [1.29, 1.82) is 0 Å². The molecule has 1 fully saturated rings. The zero-order valence-electron chi connectivity index (χ0n) is 13.2. The lowest BCUT2D eigenvalue weighted by Gasteiger charge is -2.38. The molecule has 0 spiro atoms. The predicted octanol–water partition coefficient (Wildman–Crippen LogP) is 1.30. The summed E-state index contributed by atoms with van der Waals surface area (Å²) in [5.74, 6) is 0.329. The highest BCUT2D eigenvalue weighted by Crippen LogP contribution is 2.29. The standard InChI is InChI=1S/C16H22N2O4/c1-4-22-15(19)11-17-9-10-18(16(20)12(17)2)13-7-5-6-8-14(13)21-3/h5-8,12H,4,9-11H2,1-3H3. The van der Waals surface area contributed by atoms with Crippen LogP contribution >= 0.6 is 0 Å². The Morgan fingerprint density at radius 2 is 2.05 bits per heavy atom. The monoisotopic (exact) mass is 306 g/mol. The van der Waals surface area contributed by atoms with E-state index in [4.69, 9.17) is 9.47 Å². The summed E-state index contributed by atoms with van der Waals surface area (Å²) in [7, 11) is 1.59. The average Bonchev–Trinajstić information content (AvgIpc) is 2.52. The van der Waals surface area contributed by atoms with Crippen LogP contribution in [-0.2, 0) is 14.3 Å². The van der Waals surface area contributed by atoms with Crippen molar-refractivity contribution in [2.45, 2.75) is 19.9 Å². The van der Waals surface area contributed by atoms with Crippen LogP contribution in [-0.4, -0.2) is 56.2 Å². The van der Waals surface area contributed by atoms with Gasteiger partial charge in [-0.05, 0) is 26.0 Å². The maximum Gasteiger partial charge on any atom is 0.320 e. The molecule has 0 aromatic heterocycles. The van der Waals surface area contributed by atoms with Crippen molar-refractivity contribution in [2.75, 3.05) is 38.3 Å². The van der Waals surface area contributed by atoms with Crippen molar-refractivity contribution in [2.24, 2.45) is 0 Å². The lowest BCUT2D eigenvalue weighted by molar-refractivity contribution is -0.145. The number of rotatable bonds is 5. The van der Waals surface area contributed by atoms with Crippen LogP contribution in [0.25, 0.3) is 0 Å². The third-order valence-corrected chi connectivity index (χ3v) is 3.80. The maximum absolute atomic E-state index is 12.6. The Labute approximate surface area is 130 Å². The van der Waals surface area contributed by atoms with Crippen LogP contribution < -0.4 is 9.64 Å². The highest BCUT2D eigenvalue weighted by molar-refractivity contribution is 5.99. The van der Waals surface area contributed by atoms with Gasteiger partial charge in [-0.25, -0.2) is 0 Å². The SMILES string of the molecule is CCOC(=O)CN1CCN(c2ccccc2OC)C(=O)C1C. The summed E-state index contributed by atoms with van der Waals surface area (Å²) in [6.07, 6.45) is 0. The van der Waals surface area contributed by atoms with E-state index in [-0.39, 0.29) is 24.5 Å². The molecule has 6 heteroatoms. The fourth-order valence-corrected chi connectivity index (χ4v) is 2.59. The molecule has 1 atom stereocenters. The number of esters is 1. The molecule has 0 radical (unpaired) electrons. The molecule has 0 aliphatic carbocycles. The normalized spacial score (nSPS) is 19.1. The van der Waals surface area contributed by atoms with Crippen molar-refractivity contribution >= 4 is 17.6 Å². The van der Waals surface area contributed by atoms with Gasteiger partial charge < -0.3 is 14.4 Å². The van der Waals surface area contributed by atoms with Crippen LogP contribution in [0.4, 0.5) is 5.69 Å². The van der Waals surface area contributed by atoms with Crippen LogP contribution in [0.1, 0.15) is 13.8 Å². The van der Waals surface area contributed by atoms with Gasteiger partial charge in [-0.2, -0.15) is 0 Å². The van der Waals surface area contributed by atoms with Crippen molar-refractivity contribution in [1.82, 2.24) is 4.90 Å². The summed E-state index contributed by atoms with van der Waals surface area (Å²) < 4.78 is 10.3. The minimum atomic E-state index is -0.372. The topological polar surface area (TPSA) is 59.1 Å². The zero-order valence-corrected chi connectivity index (χ0v) is 13.2. The van der Waals surface area contributed by atoms with Crippen molar-refractivity contribution in [3.8, 4) is 5.75 Å². The number of carbonyl (C=O) groups is 2.